The molecule has 2 rings (SSSR count). The smallest absolute Gasteiger partial charge is 0.308 e. The molecule has 2 N–H and O–H groups in total. The van der Waals surface area contributed by atoms with Gasteiger partial charge < -0.3 is 10.4 Å². The number of benzene rings is 1. The molecule has 92 valence electrons. The molecule has 0 saturated carbocycles. The van der Waals surface area contributed by atoms with E-state index in [9.17, 15) is 9.18 Å². The van der Waals surface area contributed by atoms with Crippen molar-refractivity contribution in [1.29, 1.82) is 0 Å². The summed E-state index contributed by atoms with van der Waals surface area (Å²) >= 11 is 0. The lowest BCUT2D eigenvalue weighted by Crippen LogP contribution is -2.34. The summed E-state index contributed by atoms with van der Waals surface area (Å²) in [7, 11) is 0. The van der Waals surface area contributed by atoms with Gasteiger partial charge in [-0.1, -0.05) is 19.1 Å². The van der Waals surface area contributed by atoms with Gasteiger partial charge in [-0.25, -0.2) is 4.39 Å². The molecule has 1 heterocycles. The number of hydrogen-bond donors (Lipinski definition) is 2. The van der Waals surface area contributed by atoms with Gasteiger partial charge in [0.2, 0.25) is 0 Å². The predicted octanol–water partition coefficient (Wildman–Crippen LogP) is 1.68. The zero-order chi connectivity index (χ0) is 12.5. The van der Waals surface area contributed by atoms with Gasteiger partial charge in [-0.15, -0.1) is 0 Å². The van der Waals surface area contributed by atoms with Gasteiger partial charge in [-0.3, -0.25) is 4.79 Å². The number of hydrogen-bond acceptors (Lipinski definition) is 2. The number of carbonyl (C=O) groups is 1. The fourth-order valence-electron chi connectivity index (χ4n) is 2.56. The first-order chi connectivity index (χ1) is 8.01. The van der Waals surface area contributed by atoms with Crippen LogP contribution in [0.15, 0.2) is 24.3 Å². The number of carboxylic acids is 1. The van der Waals surface area contributed by atoms with Crippen LogP contribution in [0.1, 0.15) is 12.5 Å². The van der Waals surface area contributed by atoms with Gasteiger partial charge in [0, 0.05) is 13.1 Å². The van der Waals surface area contributed by atoms with Gasteiger partial charge >= 0.3 is 5.97 Å². The average molecular weight is 237 g/mol. The lowest BCUT2D eigenvalue weighted by atomic mass is 9.75. The minimum Gasteiger partial charge on any atom is -0.481 e. The van der Waals surface area contributed by atoms with Crippen LogP contribution in [0.2, 0.25) is 0 Å². The summed E-state index contributed by atoms with van der Waals surface area (Å²) in [4.78, 5) is 11.2. The Morgan fingerprint density at radius 3 is 3.06 bits per heavy atom. The van der Waals surface area contributed by atoms with E-state index in [-0.39, 0.29) is 11.2 Å². The molecule has 1 fully saturated rings. The molecule has 0 bridgehead atoms. The first-order valence-electron chi connectivity index (χ1n) is 5.69. The Labute approximate surface area is 99.7 Å². The van der Waals surface area contributed by atoms with E-state index in [1.165, 1.54) is 12.1 Å². The quantitative estimate of drug-likeness (QED) is 0.841. The molecule has 1 aliphatic heterocycles. The van der Waals surface area contributed by atoms with E-state index in [0.717, 1.165) is 5.56 Å². The van der Waals surface area contributed by atoms with Crippen molar-refractivity contribution in [2.45, 2.75) is 13.3 Å². The number of nitrogens with one attached hydrogen (secondary N) is 1. The van der Waals surface area contributed by atoms with E-state index in [0.29, 0.717) is 19.5 Å². The maximum atomic E-state index is 13.1. The van der Waals surface area contributed by atoms with Crippen molar-refractivity contribution in [3.8, 4) is 0 Å². The molecule has 1 saturated heterocycles. The third kappa shape index (κ3) is 2.47. The van der Waals surface area contributed by atoms with Crippen LogP contribution < -0.4 is 5.32 Å². The van der Waals surface area contributed by atoms with Crippen LogP contribution in [-0.2, 0) is 11.2 Å². The van der Waals surface area contributed by atoms with E-state index < -0.39 is 11.9 Å². The molecule has 1 aliphatic rings. The topological polar surface area (TPSA) is 49.3 Å². The first-order valence-corrected chi connectivity index (χ1v) is 5.69. The number of aliphatic carboxylic acids is 1. The molecule has 2 atom stereocenters. The minimum atomic E-state index is -0.783. The third-order valence-corrected chi connectivity index (χ3v) is 3.51. The molecule has 0 amide bonds. The van der Waals surface area contributed by atoms with E-state index >= 15 is 0 Å². The van der Waals surface area contributed by atoms with Crippen molar-refractivity contribution >= 4 is 5.97 Å². The van der Waals surface area contributed by atoms with Crippen LogP contribution in [0.4, 0.5) is 4.39 Å². The summed E-state index contributed by atoms with van der Waals surface area (Å²) < 4.78 is 13.1. The second kappa shape index (κ2) is 4.45. The predicted molar refractivity (Wildman–Crippen MR) is 62.2 cm³/mol. The van der Waals surface area contributed by atoms with Crippen molar-refractivity contribution < 1.29 is 14.3 Å². The lowest BCUT2D eigenvalue weighted by Gasteiger charge is -2.27. The zero-order valence-corrected chi connectivity index (χ0v) is 9.74. The van der Waals surface area contributed by atoms with Crippen LogP contribution in [0, 0.1) is 17.2 Å². The molecule has 4 heteroatoms. The molecular formula is C13H16FNO2. The van der Waals surface area contributed by atoms with Crippen LogP contribution in [0.25, 0.3) is 0 Å². The fraction of sp³-hybridized carbons (Fsp3) is 0.462. The Bertz CT molecular complexity index is 435. The highest BCUT2D eigenvalue weighted by Crippen LogP contribution is 2.35. The van der Waals surface area contributed by atoms with Crippen molar-refractivity contribution in [3.05, 3.63) is 35.6 Å². The number of halogens is 1. The fourth-order valence-corrected chi connectivity index (χ4v) is 2.56. The summed E-state index contributed by atoms with van der Waals surface area (Å²) in [6.07, 6.45) is 0.578. The van der Waals surface area contributed by atoms with Crippen LogP contribution >= 0.6 is 0 Å². The Morgan fingerprint density at radius 2 is 2.41 bits per heavy atom. The van der Waals surface area contributed by atoms with E-state index in [1.807, 2.05) is 13.0 Å². The molecule has 2 unspecified atom stereocenters. The van der Waals surface area contributed by atoms with Crippen LogP contribution in [0.5, 0.6) is 0 Å². The molecule has 17 heavy (non-hydrogen) atoms. The van der Waals surface area contributed by atoms with Gasteiger partial charge in [-0.05, 0) is 29.5 Å². The van der Waals surface area contributed by atoms with Crippen molar-refractivity contribution in [1.82, 2.24) is 5.32 Å². The summed E-state index contributed by atoms with van der Waals surface area (Å²) in [6.45, 7) is 3.08. The van der Waals surface area contributed by atoms with Gasteiger partial charge in [0.05, 0.1) is 5.92 Å². The van der Waals surface area contributed by atoms with Crippen molar-refractivity contribution in [2.24, 2.45) is 11.3 Å². The second-order valence-corrected chi connectivity index (χ2v) is 4.98. The Hall–Kier alpha value is -1.42. The minimum absolute atomic E-state index is 0.274. The van der Waals surface area contributed by atoms with Crippen molar-refractivity contribution in [2.75, 3.05) is 13.1 Å². The summed E-state index contributed by atoms with van der Waals surface area (Å²) in [6, 6.07) is 6.37. The zero-order valence-electron chi connectivity index (χ0n) is 9.74. The molecular weight excluding hydrogens is 221 g/mol. The second-order valence-electron chi connectivity index (χ2n) is 4.98. The molecule has 3 nitrogen and oxygen atoms in total. The monoisotopic (exact) mass is 237 g/mol. The highest BCUT2D eigenvalue weighted by Gasteiger charge is 2.43. The molecule has 0 aromatic heterocycles. The summed E-state index contributed by atoms with van der Waals surface area (Å²) in [5, 5.41) is 12.3. The summed E-state index contributed by atoms with van der Waals surface area (Å²) in [5.74, 6) is -1.47. The molecule has 1 aromatic rings. The van der Waals surface area contributed by atoms with Crippen LogP contribution in [0.3, 0.4) is 0 Å². The molecule has 0 radical (unpaired) electrons. The molecule has 1 aromatic carbocycles. The van der Waals surface area contributed by atoms with Gasteiger partial charge in [-0.2, -0.15) is 0 Å². The normalized spacial score (nSPS) is 28.2. The van der Waals surface area contributed by atoms with E-state index in [2.05, 4.69) is 5.32 Å². The number of carboxylic acid groups (broad SMARTS) is 1. The molecule has 0 aliphatic carbocycles. The van der Waals surface area contributed by atoms with E-state index in [1.54, 1.807) is 6.07 Å². The Balaban J connectivity index is 2.19. The Kier molecular flexibility index (Phi) is 3.15. The SMILES string of the molecule is CC1(Cc2cccc(F)c2)CNCC1C(=O)O. The van der Waals surface area contributed by atoms with E-state index in [4.69, 9.17) is 5.11 Å². The van der Waals surface area contributed by atoms with Gasteiger partial charge in [0.15, 0.2) is 0 Å². The van der Waals surface area contributed by atoms with Gasteiger partial charge in [0.25, 0.3) is 0 Å². The standard InChI is InChI=1S/C13H16FNO2/c1-13(8-15-7-11(13)12(16)17)6-9-3-2-4-10(14)5-9/h2-5,11,15H,6-8H2,1H3,(H,16,17). The maximum absolute atomic E-state index is 13.1. The highest BCUT2D eigenvalue weighted by atomic mass is 19.1. The number of rotatable bonds is 3. The highest BCUT2D eigenvalue weighted by molar-refractivity contribution is 5.72. The van der Waals surface area contributed by atoms with Crippen molar-refractivity contribution in [3.63, 3.8) is 0 Å². The van der Waals surface area contributed by atoms with Gasteiger partial charge in [0.1, 0.15) is 5.82 Å². The first kappa shape index (κ1) is 12.0. The largest absolute Gasteiger partial charge is 0.481 e. The third-order valence-electron chi connectivity index (χ3n) is 3.51. The lowest BCUT2D eigenvalue weighted by molar-refractivity contribution is -0.144. The Morgan fingerprint density at radius 1 is 1.65 bits per heavy atom. The maximum Gasteiger partial charge on any atom is 0.308 e. The van der Waals surface area contributed by atoms with Crippen LogP contribution in [-0.4, -0.2) is 24.2 Å². The average Bonchev–Trinajstić information content (AvgIpc) is 2.59. The molecule has 0 spiro atoms. The summed E-state index contributed by atoms with van der Waals surface area (Å²) in [5.41, 5.74) is 0.502.